The van der Waals surface area contributed by atoms with E-state index >= 15 is 0 Å². The fourth-order valence-electron chi connectivity index (χ4n) is 3.96. The van der Waals surface area contributed by atoms with Crippen molar-refractivity contribution in [3.05, 3.63) is 17.3 Å². The molecule has 26 heavy (non-hydrogen) atoms. The molecule has 0 bridgehead atoms. The maximum absolute atomic E-state index is 12.4. The van der Waals surface area contributed by atoms with Crippen LogP contribution in [-0.4, -0.2) is 21.8 Å². The van der Waals surface area contributed by atoms with E-state index in [2.05, 4.69) is 25.8 Å². The van der Waals surface area contributed by atoms with Gasteiger partial charge in [-0.3, -0.25) is 4.79 Å². The normalized spacial score (nSPS) is 18.1. The van der Waals surface area contributed by atoms with Crippen molar-refractivity contribution >= 4 is 17.5 Å². The lowest BCUT2D eigenvalue weighted by atomic mass is 9.86. The highest BCUT2D eigenvalue weighted by atomic mass is 32.2. The number of thioether (sulfide) groups is 1. The van der Waals surface area contributed by atoms with E-state index < -0.39 is 0 Å². The van der Waals surface area contributed by atoms with Crippen molar-refractivity contribution in [1.82, 2.24) is 4.98 Å². The predicted octanol–water partition coefficient (Wildman–Crippen LogP) is 6.63. The molecule has 0 saturated heterocycles. The third kappa shape index (κ3) is 7.09. The van der Waals surface area contributed by atoms with E-state index in [-0.39, 0.29) is 5.78 Å². The zero-order chi connectivity index (χ0) is 18.8. The monoisotopic (exact) mass is 379 g/mol. The van der Waals surface area contributed by atoms with Gasteiger partial charge in [0.2, 0.25) is 0 Å². The molecule has 2 rings (SSSR count). The molecule has 1 aliphatic rings. The molecule has 1 aromatic heterocycles. The van der Waals surface area contributed by atoms with Crippen LogP contribution in [0.4, 0.5) is 0 Å². The standard InChI is InChI=1S/C22H37NO2S/c1-4-6-7-8-9-10-11-12-13-21-23-22-19(24)15-18(16-20(22)25-21)14-17(3)26-5-2/h17-18H,4-16H2,1-3H3/t17-,18+/m0/s1. The Hall–Kier alpha value is -0.770. The minimum atomic E-state index is 0.191. The van der Waals surface area contributed by atoms with Crippen molar-refractivity contribution in [2.24, 2.45) is 5.92 Å². The molecular formula is C22H37NO2S. The first kappa shape index (κ1) is 21.5. The fraction of sp³-hybridized carbons (Fsp3) is 0.818. The van der Waals surface area contributed by atoms with Gasteiger partial charge in [-0.1, -0.05) is 65.7 Å². The Morgan fingerprint density at radius 2 is 1.77 bits per heavy atom. The Kier molecular flexibility index (Phi) is 9.80. The highest BCUT2D eigenvalue weighted by molar-refractivity contribution is 7.99. The molecule has 0 amide bonds. The van der Waals surface area contributed by atoms with Crippen LogP contribution >= 0.6 is 11.8 Å². The van der Waals surface area contributed by atoms with Gasteiger partial charge in [0.1, 0.15) is 11.5 Å². The summed E-state index contributed by atoms with van der Waals surface area (Å²) in [5.41, 5.74) is 0.631. The third-order valence-electron chi connectivity index (χ3n) is 5.31. The number of carbonyl (C=O) groups excluding carboxylic acids is 1. The minimum Gasteiger partial charge on any atom is -0.445 e. The number of oxazole rings is 1. The SMILES string of the molecule is CCCCCCCCCCc1nc2c(o1)C[C@H](C[C@H](C)SCC)CC2=O. The highest BCUT2D eigenvalue weighted by Gasteiger charge is 2.31. The third-order valence-corrected chi connectivity index (χ3v) is 6.41. The first-order valence-corrected chi connectivity index (χ1v) is 11.8. The van der Waals surface area contributed by atoms with Crippen molar-refractivity contribution in [2.75, 3.05) is 5.75 Å². The van der Waals surface area contributed by atoms with Crippen molar-refractivity contribution in [3.63, 3.8) is 0 Å². The van der Waals surface area contributed by atoms with Gasteiger partial charge in [-0.05, 0) is 24.5 Å². The van der Waals surface area contributed by atoms with Crippen molar-refractivity contribution in [2.45, 2.75) is 103 Å². The summed E-state index contributed by atoms with van der Waals surface area (Å²) >= 11 is 1.98. The average molecular weight is 380 g/mol. The molecule has 0 radical (unpaired) electrons. The van der Waals surface area contributed by atoms with Crippen LogP contribution in [0.2, 0.25) is 0 Å². The number of fused-ring (bicyclic) bond motifs is 1. The van der Waals surface area contributed by atoms with Gasteiger partial charge in [0.25, 0.3) is 0 Å². The molecule has 0 unspecified atom stereocenters. The van der Waals surface area contributed by atoms with E-state index in [1.54, 1.807) is 0 Å². The number of nitrogens with zero attached hydrogens (tertiary/aromatic N) is 1. The molecule has 1 aliphatic carbocycles. The predicted molar refractivity (Wildman–Crippen MR) is 111 cm³/mol. The smallest absolute Gasteiger partial charge is 0.195 e. The molecule has 2 atom stereocenters. The number of hydrogen-bond acceptors (Lipinski definition) is 4. The lowest BCUT2D eigenvalue weighted by Crippen LogP contribution is -2.22. The van der Waals surface area contributed by atoms with Gasteiger partial charge in [-0.2, -0.15) is 11.8 Å². The van der Waals surface area contributed by atoms with Crippen LogP contribution in [0.25, 0.3) is 0 Å². The molecule has 3 nitrogen and oxygen atoms in total. The van der Waals surface area contributed by atoms with Crippen molar-refractivity contribution in [1.29, 1.82) is 0 Å². The number of aromatic nitrogens is 1. The van der Waals surface area contributed by atoms with E-state index in [0.717, 1.165) is 43.1 Å². The molecule has 0 N–H and O–H groups in total. The van der Waals surface area contributed by atoms with E-state index in [1.165, 1.54) is 44.9 Å². The first-order valence-electron chi connectivity index (χ1n) is 10.8. The second-order valence-electron chi connectivity index (χ2n) is 7.80. The summed E-state index contributed by atoms with van der Waals surface area (Å²) in [5, 5.41) is 0.610. The Balaban J connectivity index is 1.73. The molecular weight excluding hydrogens is 342 g/mol. The zero-order valence-corrected chi connectivity index (χ0v) is 17.8. The molecule has 1 heterocycles. The molecule has 148 valence electrons. The van der Waals surface area contributed by atoms with Gasteiger partial charge in [0, 0.05) is 24.5 Å². The lowest BCUT2D eigenvalue weighted by molar-refractivity contribution is 0.0937. The van der Waals surface area contributed by atoms with Crippen LogP contribution in [0.15, 0.2) is 4.42 Å². The van der Waals surface area contributed by atoms with Crippen LogP contribution in [0.3, 0.4) is 0 Å². The Bertz CT molecular complexity index is 540. The summed E-state index contributed by atoms with van der Waals surface area (Å²) in [6.07, 6.45) is 13.9. The molecule has 0 saturated carbocycles. The van der Waals surface area contributed by atoms with Gasteiger partial charge in [0.15, 0.2) is 11.7 Å². The summed E-state index contributed by atoms with van der Waals surface area (Å²) in [6.45, 7) is 6.72. The Labute approximate surface area is 164 Å². The maximum atomic E-state index is 12.4. The summed E-state index contributed by atoms with van der Waals surface area (Å²) in [5.74, 6) is 3.39. The van der Waals surface area contributed by atoms with E-state index in [1.807, 2.05) is 11.8 Å². The molecule has 4 heteroatoms. The fourth-order valence-corrected chi connectivity index (χ4v) is 4.93. The number of aryl methyl sites for hydroxylation is 1. The highest BCUT2D eigenvalue weighted by Crippen LogP contribution is 2.31. The van der Waals surface area contributed by atoms with Crippen LogP contribution < -0.4 is 0 Å². The number of unbranched alkanes of at least 4 members (excludes halogenated alkanes) is 7. The molecule has 0 spiro atoms. The molecule has 0 fully saturated rings. The van der Waals surface area contributed by atoms with E-state index in [4.69, 9.17) is 4.42 Å². The number of ketones is 1. The quantitative estimate of drug-likeness (QED) is 0.360. The van der Waals surface area contributed by atoms with Crippen LogP contribution in [0.1, 0.15) is 107 Å². The second-order valence-corrected chi connectivity index (χ2v) is 9.52. The first-order chi connectivity index (χ1) is 12.6. The van der Waals surface area contributed by atoms with E-state index in [9.17, 15) is 4.79 Å². The van der Waals surface area contributed by atoms with Gasteiger partial charge in [-0.15, -0.1) is 0 Å². The molecule has 1 aromatic rings. The minimum absolute atomic E-state index is 0.191. The molecule has 0 aliphatic heterocycles. The summed E-state index contributed by atoms with van der Waals surface area (Å²) in [6, 6.07) is 0. The summed E-state index contributed by atoms with van der Waals surface area (Å²) < 4.78 is 5.97. The van der Waals surface area contributed by atoms with Crippen LogP contribution in [0, 0.1) is 5.92 Å². The number of hydrogen-bond donors (Lipinski definition) is 0. The maximum Gasteiger partial charge on any atom is 0.195 e. The Morgan fingerprint density at radius 3 is 2.46 bits per heavy atom. The van der Waals surface area contributed by atoms with Crippen molar-refractivity contribution < 1.29 is 9.21 Å². The van der Waals surface area contributed by atoms with Crippen LogP contribution in [-0.2, 0) is 12.8 Å². The summed E-state index contributed by atoms with van der Waals surface area (Å²) in [7, 11) is 0. The average Bonchev–Trinajstić information content (AvgIpc) is 3.01. The van der Waals surface area contributed by atoms with E-state index in [0.29, 0.717) is 23.3 Å². The number of carbonyl (C=O) groups is 1. The van der Waals surface area contributed by atoms with Gasteiger partial charge in [0.05, 0.1) is 0 Å². The van der Waals surface area contributed by atoms with Gasteiger partial charge >= 0.3 is 0 Å². The van der Waals surface area contributed by atoms with Gasteiger partial charge in [-0.25, -0.2) is 4.98 Å². The van der Waals surface area contributed by atoms with Crippen LogP contribution in [0.5, 0.6) is 0 Å². The van der Waals surface area contributed by atoms with Crippen molar-refractivity contribution in [3.8, 4) is 0 Å². The topological polar surface area (TPSA) is 43.1 Å². The zero-order valence-electron chi connectivity index (χ0n) is 17.0. The molecule has 0 aromatic carbocycles. The largest absolute Gasteiger partial charge is 0.445 e. The lowest BCUT2D eigenvalue weighted by Gasteiger charge is -2.22. The Morgan fingerprint density at radius 1 is 1.08 bits per heavy atom. The van der Waals surface area contributed by atoms with Gasteiger partial charge < -0.3 is 4.42 Å². The number of rotatable bonds is 13. The second kappa shape index (κ2) is 11.8. The number of Topliss-reactive ketones (excluding diaryl/α,β-unsaturated/α-hetero) is 1. The summed E-state index contributed by atoms with van der Waals surface area (Å²) in [4.78, 5) is 16.9.